The smallest absolute Gasteiger partial charge is 0.416 e. The monoisotopic (exact) mass is 386 g/mol. The van der Waals surface area contributed by atoms with E-state index in [1.54, 1.807) is 4.90 Å². The third kappa shape index (κ3) is 4.14. The third-order valence-electron chi connectivity index (χ3n) is 4.44. The standard InChI is InChI=1S/C17H17F3N2O3S/c18-17(19,20)11-3-4-13-12(8-11)21-14(26-13)5-6-15(23)22-7-1-2-10(9-22)16(24)25/h3-4,8,10H,1-2,5-7,9H2,(H,24,25)/t10-/m0/s1. The first-order chi connectivity index (χ1) is 12.2. The van der Waals surface area contributed by atoms with Gasteiger partial charge in [0, 0.05) is 25.9 Å². The van der Waals surface area contributed by atoms with Gasteiger partial charge in [-0.3, -0.25) is 9.59 Å². The van der Waals surface area contributed by atoms with Crippen molar-refractivity contribution >= 4 is 33.4 Å². The Balaban J connectivity index is 1.64. The summed E-state index contributed by atoms with van der Waals surface area (Å²) >= 11 is 1.27. The first-order valence-corrected chi connectivity index (χ1v) is 9.03. The number of aliphatic carboxylic acids is 1. The lowest BCUT2D eigenvalue weighted by Crippen LogP contribution is -2.42. The van der Waals surface area contributed by atoms with Gasteiger partial charge in [-0.15, -0.1) is 11.3 Å². The highest BCUT2D eigenvalue weighted by Gasteiger charge is 2.31. The minimum atomic E-state index is -4.41. The van der Waals surface area contributed by atoms with E-state index in [9.17, 15) is 22.8 Å². The number of rotatable bonds is 4. The van der Waals surface area contributed by atoms with E-state index in [1.165, 1.54) is 17.4 Å². The molecule has 5 nitrogen and oxygen atoms in total. The fourth-order valence-electron chi connectivity index (χ4n) is 3.04. The zero-order valence-corrected chi connectivity index (χ0v) is 14.6. The van der Waals surface area contributed by atoms with Crippen molar-refractivity contribution in [2.75, 3.05) is 13.1 Å². The van der Waals surface area contributed by atoms with Gasteiger partial charge in [0.2, 0.25) is 5.91 Å². The Labute approximate surface area is 151 Å². The number of benzene rings is 1. The highest BCUT2D eigenvalue weighted by molar-refractivity contribution is 7.18. The summed E-state index contributed by atoms with van der Waals surface area (Å²) in [4.78, 5) is 29.1. The van der Waals surface area contributed by atoms with Gasteiger partial charge in [-0.25, -0.2) is 4.98 Å². The first-order valence-electron chi connectivity index (χ1n) is 8.21. The number of aromatic nitrogens is 1. The predicted molar refractivity (Wildman–Crippen MR) is 89.9 cm³/mol. The molecule has 1 N–H and O–H groups in total. The van der Waals surface area contributed by atoms with Crippen LogP contribution >= 0.6 is 11.3 Å². The van der Waals surface area contributed by atoms with Crippen molar-refractivity contribution in [2.24, 2.45) is 5.92 Å². The zero-order chi connectivity index (χ0) is 18.9. The molecule has 9 heteroatoms. The normalized spacial score (nSPS) is 18.3. The Hall–Kier alpha value is -2.16. The number of amides is 1. The molecular formula is C17H17F3N2O3S. The highest BCUT2D eigenvalue weighted by atomic mass is 32.1. The Bertz CT molecular complexity index is 834. The van der Waals surface area contributed by atoms with Gasteiger partial charge in [-0.05, 0) is 31.0 Å². The molecular weight excluding hydrogens is 369 g/mol. The van der Waals surface area contributed by atoms with Crippen LogP contribution in [0.2, 0.25) is 0 Å². The summed E-state index contributed by atoms with van der Waals surface area (Å²) in [5.41, 5.74) is -0.470. The van der Waals surface area contributed by atoms with Gasteiger partial charge in [0.1, 0.15) is 0 Å². The molecule has 1 aliphatic rings. The van der Waals surface area contributed by atoms with E-state index >= 15 is 0 Å². The summed E-state index contributed by atoms with van der Waals surface area (Å²) < 4.78 is 38.9. The molecule has 1 aromatic heterocycles. The minimum absolute atomic E-state index is 0.147. The molecule has 1 aromatic carbocycles. The van der Waals surface area contributed by atoms with Gasteiger partial charge in [0.05, 0.1) is 26.7 Å². The van der Waals surface area contributed by atoms with E-state index in [-0.39, 0.29) is 24.4 Å². The largest absolute Gasteiger partial charge is 0.481 e. The van der Waals surface area contributed by atoms with Crippen LogP contribution in [0.15, 0.2) is 18.2 Å². The molecule has 0 bridgehead atoms. The molecule has 1 amide bonds. The number of carbonyl (C=O) groups excluding carboxylic acids is 1. The van der Waals surface area contributed by atoms with Crippen LogP contribution in [0.4, 0.5) is 13.2 Å². The summed E-state index contributed by atoms with van der Waals surface area (Å²) in [6.07, 6.45) is -2.70. The van der Waals surface area contributed by atoms with E-state index in [1.807, 2.05) is 0 Å². The van der Waals surface area contributed by atoms with Crippen molar-refractivity contribution in [1.29, 1.82) is 0 Å². The van der Waals surface area contributed by atoms with Crippen molar-refractivity contribution in [3.8, 4) is 0 Å². The Morgan fingerprint density at radius 2 is 2.12 bits per heavy atom. The summed E-state index contributed by atoms with van der Waals surface area (Å²) in [7, 11) is 0. The van der Waals surface area contributed by atoms with Crippen molar-refractivity contribution in [3.05, 3.63) is 28.8 Å². The number of carboxylic acid groups (broad SMARTS) is 1. The number of carboxylic acids is 1. The molecule has 0 unspecified atom stereocenters. The van der Waals surface area contributed by atoms with Gasteiger partial charge < -0.3 is 10.0 Å². The van der Waals surface area contributed by atoms with Crippen LogP contribution in [0.3, 0.4) is 0 Å². The summed E-state index contributed by atoms with van der Waals surface area (Å²) in [5.74, 6) is -1.57. The van der Waals surface area contributed by atoms with Gasteiger partial charge in [-0.2, -0.15) is 13.2 Å². The van der Waals surface area contributed by atoms with E-state index in [0.717, 1.165) is 12.1 Å². The molecule has 1 aliphatic heterocycles. The van der Waals surface area contributed by atoms with Crippen LogP contribution in [-0.4, -0.2) is 40.0 Å². The van der Waals surface area contributed by atoms with E-state index in [2.05, 4.69) is 4.98 Å². The van der Waals surface area contributed by atoms with Crippen molar-refractivity contribution in [2.45, 2.75) is 31.9 Å². The number of halogens is 3. The van der Waals surface area contributed by atoms with Crippen LogP contribution in [0.5, 0.6) is 0 Å². The van der Waals surface area contributed by atoms with Crippen LogP contribution < -0.4 is 0 Å². The van der Waals surface area contributed by atoms with Crippen molar-refractivity contribution in [1.82, 2.24) is 9.88 Å². The number of carbonyl (C=O) groups is 2. The van der Waals surface area contributed by atoms with Crippen molar-refractivity contribution < 1.29 is 27.9 Å². The van der Waals surface area contributed by atoms with Gasteiger partial charge in [0.15, 0.2) is 0 Å². The molecule has 0 aliphatic carbocycles. The summed E-state index contributed by atoms with van der Waals surface area (Å²) in [5, 5.41) is 9.68. The topological polar surface area (TPSA) is 70.5 Å². The summed E-state index contributed by atoms with van der Waals surface area (Å²) in [6.45, 7) is 0.750. The molecule has 0 spiro atoms. The lowest BCUT2D eigenvalue weighted by molar-refractivity contribution is -0.145. The molecule has 2 aromatic rings. The number of hydrogen-bond acceptors (Lipinski definition) is 4. The second-order valence-corrected chi connectivity index (χ2v) is 7.42. The average molecular weight is 386 g/mol. The van der Waals surface area contributed by atoms with E-state index in [0.29, 0.717) is 35.5 Å². The molecule has 26 heavy (non-hydrogen) atoms. The Morgan fingerprint density at radius 1 is 1.35 bits per heavy atom. The maximum absolute atomic E-state index is 12.8. The molecule has 1 fully saturated rings. The number of fused-ring (bicyclic) bond motifs is 1. The quantitative estimate of drug-likeness (QED) is 0.872. The van der Waals surface area contributed by atoms with E-state index in [4.69, 9.17) is 5.11 Å². The molecule has 140 valence electrons. The maximum Gasteiger partial charge on any atom is 0.416 e. The van der Waals surface area contributed by atoms with Gasteiger partial charge >= 0.3 is 12.1 Å². The minimum Gasteiger partial charge on any atom is -0.481 e. The van der Waals surface area contributed by atoms with Crippen LogP contribution in [-0.2, 0) is 22.2 Å². The average Bonchev–Trinajstić information content (AvgIpc) is 3.01. The SMILES string of the molecule is O=C(O)[C@H]1CCCN(C(=O)CCc2nc3cc(C(F)(F)F)ccc3s2)C1. The predicted octanol–water partition coefficient (Wildman–Crippen LogP) is 3.57. The Morgan fingerprint density at radius 3 is 2.81 bits per heavy atom. The molecule has 3 rings (SSSR count). The third-order valence-corrected chi connectivity index (χ3v) is 5.53. The maximum atomic E-state index is 12.8. The molecule has 0 radical (unpaired) electrons. The Kier molecular flexibility index (Phi) is 5.17. The lowest BCUT2D eigenvalue weighted by atomic mass is 9.98. The lowest BCUT2D eigenvalue weighted by Gasteiger charge is -2.30. The number of hydrogen-bond donors (Lipinski definition) is 1. The highest BCUT2D eigenvalue weighted by Crippen LogP contribution is 2.33. The van der Waals surface area contributed by atoms with Crippen molar-refractivity contribution in [3.63, 3.8) is 0 Å². The molecule has 0 saturated carbocycles. The molecule has 1 atom stereocenters. The zero-order valence-electron chi connectivity index (χ0n) is 13.8. The van der Waals surface area contributed by atoms with Gasteiger partial charge in [-0.1, -0.05) is 0 Å². The molecule has 1 saturated heterocycles. The number of nitrogens with zero attached hydrogens (tertiary/aromatic N) is 2. The fraction of sp³-hybridized carbons (Fsp3) is 0.471. The second-order valence-electron chi connectivity index (χ2n) is 6.31. The van der Waals surface area contributed by atoms with Gasteiger partial charge in [0.25, 0.3) is 0 Å². The first kappa shape index (κ1) is 18.6. The second kappa shape index (κ2) is 7.22. The number of alkyl halides is 3. The van der Waals surface area contributed by atoms with E-state index < -0.39 is 23.6 Å². The van der Waals surface area contributed by atoms with Crippen LogP contribution in [0.1, 0.15) is 29.8 Å². The number of likely N-dealkylation sites (tertiary alicyclic amines) is 1. The number of thiazole rings is 1. The summed E-state index contributed by atoms with van der Waals surface area (Å²) in [6, 6.07) is 3.43. The van der Waals surface area contributed by atoms with Crippen LogP contribution in [0.25, 0.3) is 10.2 Å². The number of piperidine rings is 1. The molecule has 2 heterocycles. The fourth-order valence-corrected chi connectivity index (χ4v) is 3.98. The van der Waals surface area contributed by atoms with Crippen LogP contribution in [0, 0.1) is 5.92 Å². The number of aryl methyl sites for hydroxylation is 1.